The fourth-order valence-electron chi connectivity index (χ4n) is 2.90. The van der Waals surface area contributed by atoms with Crippen LogP contribution in [0.1, 0.15) is 15.4 Å². The first kappa shape index (κ1) is 20.3. The number of anilines is 1. The summed E-state index contributed by atoms with van der Waals surface area (Å²) in [4.78, 5) is 28.9. The van der Waals surface area contributed by atoms with Crippen LogP contribution in [0.3, 0.4) is 0 Å². The maximum absolute atomic E-state index is 12.2. The Kier molecular flexibility index (Phi) is 6.05. The van der Waals surface area contributed by atoms with Crippen molar-refractivity contribution in [2.45, 2.75) is 0 Å². The van der Waals surface area contributed by atoms with Gasteiger partial charge in [-0.25, -0.2) is 0 Å². The van der Waals surface area contributed by atoms with E-state index in [9.17, 15) is 9.59 Å². The molecular weight excluding hydrogens is 410 g/mol. The van der Waals surface area contributed by atoms with Crippen LogP contribution in [0, 0.1) is 0 Å². The Hall–Kier alpha value is -3.97. The molecule has 0 radical (unpaired) electrons. The number of carbonyl (C=O) groups excluding carboxylic acids is 2. The third kappa shape index (κ3) is 5.15. The lowest BCUT2D eigenvalue weighted by Crippen LogP contribution is -2.18. The lowest BCUT2D eigenvalue weighted by molar-refractivity contribution is -0.111. The van der Waals surface area contributed by atoms with Gasteiger partial charge in [0.25, 0.3) is 5.91 Å². The predicted molar refractivity (Wildman–Crippen MR) is 124 cm³/mol. The predicted octanol–water partition coefficient (Wildman–Crippen LogP) is 5.10. The Bertz CT molecular complexity index is 1230. The highest BCUT2D eigenvalue weighted by Crippen LogP contribution is 2.26. The van der Waals surface area contributed by atoms with Crippen LogP contribution in [0.2, 0.25) is 0 Å². The van der Waals surface area contributed by atoms with E-state index in [1.807, 2.05) is 18.2 Å². The van der Waals surface area contributed by atoms with E-state index in [0.29, 0.717) is 17.2 Å². The average Bonchev–Trinajstić information content (AvgIpc) is 3.22. The molecule has 0 aliphatic rings. The normalized spacial score (nSPS) is 10.9. The van der Waals surface area contributed by atoms with Crippen molar-refractivity contribution in [3.8, 4) is 11.5 Å². The molecule has 2 heterocycles. The van der Waals surface area contributed by atoms with E-state index in [-0.39, 0.29) is 17.5 Å². The van der Waals surface area contributed by atoms with Crippen molar-refractivity contribution in [2.75, 3.05) is 12.4 Å². The summed E-state index contributed by atoms with van der Waals surface area (Å²) in [5.41, 5.74) is 0.924. The Morgan fingerprint density at radius 1 is 1.00 bits per heavy atom. The number of pyridine rings is 1. The maximum Gasteiger partial charge on any atom is 0.269 e. The molecule has 2 amide bonds. The van der Waals surface area contributed by atoms with Crippen LogP contribution >= 0.6 is 11.3 Å². The zero-order chi connectivity index (χ0) is 21.6. The van der Waals surface area contributed by atoms with Crippen LogP contribution in [-0.4, -0.2) is 23.8 Å². The molecule has 0 aliphatic carbocycles. The smallest absolute Gasteiger partial charge is 0.269 e. The number of ether oxygens (including phenoxy) is 1. The Morgan fingerprint density at radius 3 is 2.58 bits per heavy atom. The summed E-state index contributed by atoms with van der Waals surface area (Å²) >= 11 is 1.64. The van der Waals surface area contributed by atoms with E-state index < -0.39 is 0 Å². The molecule has 2 N–H and O–H groups in total. The second-order valence-corrected chi connectivity index (χ2v) is 7.71. The van der Waals surface area contributed by atoms with Gasteiger partial charge >= 0.3 is 0 Å². The molecule has 7 heteroatoms. The molecule has 6 nitrogen and oxygen atoms in total. The summed E-state index contributed by atoms with van der Waals surface area (Å²) in [6.45, 7) is 0. The van der Waals surface area contributed by atoms with Crippen molar-refractivity contribution in [1.82, 2.24) is 10.3 Å². The van der Waals surface area contributed by atoms with Gasteiger partial charge in [0, 0.05) is 40.7 Å². The number of carbonyl (C=O) groups is 2. The molecule has 0 unspecified atom stereocenters. The third-order valence-corrected chi connectivity index (χ3v) is 5.47. The van der Waals surface area contributed by atoms with Crippen LogP contribution in [0.25, 0.3) is 16.2 Å². The summed E-state index contributed by atoms with van der Waals surface area (Å²) in [5.74, 6) is 0.576. The molecule has 4 aromatic rings. The molecule has 2 aromatic carbocycles. The molecule has 4 rings (SSSR count). The second-order valence-electron chi connectivity index (χ2n) is 6.59. The number of nitrogens with zero attached hydrogens (tertiary/aromatic N) is 1. The van der Waals surface area contributed by atoms with Crippen molar-refractivity contribution in [2.24, 2.45) is 0 Å². The first-order valence-electron chi connectivity index (χ1n) is 9.54. The van der Waals surface area contributed by atoms with E-state index in [2.05, 4.69) is 33.8 Å². The van der Waals surface area contributed by atoms with Crippen molar-refractivity contribution >= 4 is 45.0 Å². The van der Waals surface area contributed by atoms with E-state index in [1.165, 1.54) is 22.4 Å². The number of aromatic nitrogens is 1. The Labute approximate surface area is 183 Å². The minimum Gasteiger partial charge on any atom is -0.457 e. The zero-order valence-electron chi connectivity index (χ0n) is 16.7. The first-order valence-corrected chi connectivity index (χ1v) is 10.4. The number of nitrogens with one attached hydrogen (secondary N) is 2. The number of benzene rings is 2. The monoisotopic (exact) mass is 429 g/mol. The summed E-state index contributed by atoms with van der Waals surface area (Å²) < 4.78 is 6.95. The highest BCUT2D eigenvalue weighted by atomic mass is 32.1. The van der Waals surface area contributed by atoms with Crippen molar-refractivity contribution in [3.05, 3.63) is 89.6 Å². The molecule has 2 aromatic heterocycles. The second kappa shape index (κ2) is 9.23. The summed E-state index contributed by atoms with van der Waals surface area (Å²) in [5, 5.41) is 6.52. The molecule has 0 spiro atoms. The van der Waals surface area contributed by atoms with E-state index in [1.54, 1.807) is 54.8 Å². The number of fused-ring (bicyclic) bond motifs is 1. The van der Waals surface area contributed by atoms with Crippen LogP contribution < -0.4 is 15.4 Å². The summed E-state index contributed by atoms with van der Waals surface area (Å²) in [6, 6.07) is 20.4. The summed E-state index contributed by atoms with van der Waals surface area (Å²) in [6.07, 6.45) is 4.84. The molecule has 0 atom stereocenters. The van der Waals surface area contributed by atoms with Crippen LogP contribution in [0.15, 0.2) is 79.0 Å². The molecule has 0 saturated heterocycles. The zero-order valence-corrected chi connectivity index (χ0v) is 17.5. The molecule has 0 bridgehead atoms. The Balaban J connectivity index is 1.37. The lowest BCUT2D eigenvalue weighted by Gasteiger charge is -2.08. The maximum atomic E-state index is 12.2. The van der Waals surface area contributed by atoms with Gasteiger partial charge < -0.3 is 15.4 Å². The Morgan fingerprint density at radius 2 is 1.81 bits per heavy atom. The number of hydrogen-bond donors (Lipinski definition) is 2. The van der Waals surface area contributed by atoms with E-state index >= 15 is 0 Å². The van der Waals surface area contributed by atoms with Crippen molar-refractivity contribution < 1.29 is 14.3 Å². The van der Waals surface area contributed by atoms with Gasteiger partial charge in [0.2, 0.25) is 5.91 Å². The topological polar surface area (TPSA) is 80.3 Å². The van der Waals surface area contributed by atoms with E-state index in [0.717, 1.165) is 4.88 Å². The number of thiophene rings is 1. The SMILES string of the molecule is CNC(=O)c1cc(Oc2ccc(NC(=O)C=Cc3cc4ccccc4s3)cc2)ccn1. The van der Waals surface area contributed by atoms with Gasteiger partial charge in [0.15, 0.2) is 0 Å². The largest absolute Gasteiger partial charge is 0.457 e. The van der Waals surface area contributed by atoms with Gasteiger partial charge in [-0.2, -0.15) is 0 Å². The number of amides is 2. The van der Waals surface area contributed by atoms with Crippen LogP contribution in [-0.2, 0) is 4.79 Å². The highest BCUT2D eigenvalue weighted by molar-refractivity contribution is 7.19. The van der Waals surface area contributed by atoms with Gasteiger partial charge in [-0.1, -0.05) is 18.2 Å². The highest BCUT2D eigenvalue weighted by Gasteiger charge is 2.07. The van der Waals surface area contributed by atoms with Gasteiger partial charge in [0.05, 0.1) is 0 Å². The standard InChI is InChI=1S/C24H19N3O3S/c1-25-24(29)21-15-19(12-13-26-21)30-18-8-6-17(7-9-18)27-23(28)11-10-20-14-16-4-2-3-5-22(16)31-20/h2-15H,1H3,(H,25,29)(H,27,28). The lowest BCUT2D eigenvalue weighted by atomic mass is 10.2. The molecule has 0 aliphatic heterocycles. The number of rotatable bonds is 6. The van der Waals surface area contributed by atoms with Gasteiger partial charge in [0.1, 0.15) is 17.2 Å². The first-order chi connectivity index (χ1) is 15.1. The average molecular weight is 430 g/mol. The third-order valence-electron chi connectivity index (χ3n) is 4.39. The quantitative estimate of drug-likeness (QED) is 0.418. The van der Waals surface area contributed by atoms with Gasteiger partial charge in [-0.05, 0) is 53.9 Å². The molecule has 31 heavy (non-hydrogen) atoms. The van der Waals surface area contributed by atoms with Gasteiger partial charge in [-0.3, -0.25) is 14.6 Å². The van der Waals surface area contributed by atoms with Crippen LogP contribution in [0.4, 0.5) is 5.69 Å². The minimum absolute atomic E-state index is 0.213. The molecule has 0 fully saturated rings. The fraction of sp³-hybridized carbons (Fsp3) is 0.0417. The molecule has 154 valence electrons. The van der Waals surface area contributed by atoms with Crippen LogP contribution in [0.5, 0.6) is 11.5 Å². The molecular formula is C24H19N3O3S. The minimum atomic E-state index is -0.285. The summed E-state index contributed by atoms with van der Waals surface area (Å²) in [7, 11) is 1.54. The van der Waals surface area contributed by atoms with Gasteiger partial charge in [-0.15, -0.1) is 11.3 Å². The van der Waals surface area contributed by atoms with Crippen molar-refractivity contribution in [3.63, 3.8) is 0 Å². The molecule has 0 saturated carbocycles. The fourth-order valence-corrected chi connectivity index (χ4v) is 3.86. The van der Waals surface area contributed by atoms with Crippen molar-refractivity contribution in [1.29, 1.82) is 0 Å². The van der Waals surface area contributed by atoms with E-state index in [4.69, 9.17) is 4.74 Å². The number of hydrogen-bond acceptors (Lipinski definition) is 5.